The van der Waals surface area contributed by atoms with Gasteiger partial charge in [0, 0.05) is 24.6 Å². The third-order valence-electron chi connectivity index (χ3n) is 2.18. The van der Waals surface area contributed by atoms with Crippen molar-refractivity contribution >= 4 is 21.8 Å². The molecule has 0 bridgehead atoms. The first-order valence-corrected chi connectivity index (χ1v) is 6.31. The Balaban J connectivity index is 2.35. The van der Waals surface area contributed by atoms with Crippen molar-refractivity contribution in [3.8, 4) is 0 Å². The number of halogens is 1. The van der Waals surface area contributed by atoms with Crippen molar-refractivity contribution in [1.82, 2.24) is 15.1 Å². The summed E-state index contributed by atoms with van der Waals surface area (Å²) in [5.41, 5.74) is 0.603. The highest BCUT2D eigenvalue weighted by molar-refractivity contribution is 9.09. The van der Waals surface area contributed by atoms with Crippen LogP contribution in [0.4, 0.5) is 0 Å². The van der Waals surface area contributed by atoms with Crippen LogP contribution < -0.4 is 5.32 Å². The predicted molar refractivity (Wildman–Crippen MR) is 67.7 cm³/mol. The molecule has 0 radical (unpaired) electrons. The van der Waals surface area contributed by atoms with E-state index in [2.05, 4.69) is 40.2 Å². The van der Waals surface area contributed by atoms with Gasteiger partial charge in [-0.1, -0.05) is 29.8 Å². The van der Waals surface area contributed by atoms with Crippen molar-refractivity contribution in [3.05, 3.63) is 18.0 Å². The van der Waals surface area contributed by atoms with E-state index in [0.29, 0.717) is 22.9 Å². The molecule has 4 nitrogen and oxygen atoms in total. The number of aryl methyl sites for hydroxylation is 1. The van der Waals surface area contributed by atoms with Crippen LogP contribution >= 0.6 is 15.9 Å². The first kappa shape index (κ1) is 13.2. The first-order valence-electron chi connectivity index (χ1n) is 5.40. The molecule has 1 rings (SSSR count). The number of alkyl halides is 1. The van der Waals surface area contributed by atoms with Gasteiger partial charge in [0.05, 0.1) is 11.8 Å². The van der Waals surface area contributed by atoms with E-state index in [0.717, 1.165) is 6.42 Å². The number of hydrogen-bond acceptors (Lipinski definition) is 2. The smallest absolute Gasteiger partial charge is 0.254 e. The van der Waals surface area contributed by atoms with Crippen LogP contribution in [-0.4, -0.2) is 27.1 Å². The second-order valence-corrected chi connectivity index (χ2v) is 5.63. The third kappa shape index (κ3) is 4.35. The average molecular weight is 288 g/mol. The molecule has 1 N–H and O–H groups in total. The molecule has 1 heterocycles. The highest BCUT2D eigenvalue weighted by atomic mass is 79.9. The van der Waals surface area contributed by atoms with Gasteiger partial charge in [0.1, 0.15) is 0 Å². The number of nitrogens with one attached hydrogen (secondary N) is 1. The molecule has 1 aromatic heterocycles. The molecule has 0 saturated carbocycles. The maximum Gasteiger partial charge on any atom is 0.254 e. The van der Waals surface area contributed by atoms with Crippen LogP contribution in [0.5, 0.6) is 0 Å². The molecule has 0 aliphatic heterocycles. The lowest BCUT2D eigenvalue weighted by Gasteiger charge is -2.12. The summed E-state index contributed by atoms with van der Waals surface area (Å²) in [5, 5.41) is 6.84. The zero-order valence-electron chi connectivity index (χ0n) is 9.90. The summed E-state index contributed by atoms with van der Waals surface area (Å²) in [6.07, 6.45) is 4.33. The van der Waals surface area contributed by atoms with Crippen molar-refractivity contribution in [2.24, 2.45) is 13.0 Å². The summed E-state index contributed by atoms with van der Waals surface area (Å²) in [7, 11) is 1.79. The summed E-state index contributed by atoms with van der Waals surface area (Å²) in [6, 6.07) is 0. The van der Waals surface area contributed by atoms with E-state index in [1.807, 2.05) is 0 Å². The van der Waals surface area contributed by atoms with Crippen LogP contribution in [-0.2, 0) is 7.05 Å². The van der Waals surface area contributed by atoms with E-state index in [4.69, 9.17) is 0 Å². The lowest BCUT2D eigenvalue weighted by Crippen LogP contribution is -2.29. The molecule has 0 aromatic carbocycles. The van der Waals surface area contributed by atoms with Crippen LogP contribution in [0, 0.1) is 5.92 Å². The third-order valence-corrected chi connectivity index (χ3v) is 2.88. The Kier molecular flexibility index (Phi) is 4.99. The van der Waals surface area contributed by atoms with Gasteiger partial charge in [0.15, 0.2) is 0 Å². The van der Waals surface area contributed by atoms with Crippen molar-refractivity contribution in [2.45, 2.75) is 25.1 Å². The zero-order valence-corrected chi connectivity index (χ0v) is 11.5. The molecule has 1 unspecified atom stereocenters. The number of rotatable bonds is 5. The van der Waals surface area contributed by atoms with Gasteiger partial charge in [-0.25, -0.2) is 0 Å². The monoisotopic (exact) mass is 287 g/mol. The lowest BCUT2D eigenvalue weighted by molar-refractivity contribution is 0.0953. The minimum Gasteiger partial charge on any atom is -0.351 e. The van der Waals surface area contributed by atoms with Crippen molar-refractivity contribution in [1.29, 1.82) is 0 Å². The first-order chi connectivity index (χ1) is 7.49. The fraction of sp³-hybridized carbons (Fsp3) is 0.636. The highest BCUT2D eigenvalue weighted by Gasteiger charge is 2.11. The second kappa shape index (κ2) is 6.03. The fourth-order valence-corrected chi connectivity index (χ4v) is 2.35. The molecule has 0 fully saturated rings. The van der Waals surface area contributed by atoms with E-state index >= 15 is 0 Å². The topological polar surface area (TPSA) is 46.9 Å². The summed E-state index contributed by atoms with van der Waals surface area (Å²) in [6.45, 7) is 4.97. The lowest BCUT2D eigenvalue weighted by atomic mass is 10.1. The maximum atomic E-state index is 11.7. The molecular formula is C11H18BrN3O. The van der Waals surface area contributed by atoms with Crippen molar-refractivity contribution in [2.75, 3.05) is 6.54 Å². The summed E-state index contributed by atoms with van der Waals surface area (Å²) in [5.74, 6) is 0.556. The minimum absolute atomic E-state index is 0.0682. The maximum absolute atomic E-state index is 11.7. The van der Waals surface area contributed by atoms with Crippen LogP contribution in [0.3, 0.4) is 0 Å². The molecule has 16 heavy (non-hydrogen) atoms. The molecule has 1 amide bonds. The molecule has 0 spiro atoms. The Morgan fingerprint density at radius 1 is 1.62 bits per heavy atom. The van der Waals surface area contributed by atoms with E-state index < -0.39 is 0 Å². The molecule has 1 aromatic rings. The Morgan fingerprint density at radius 2 is 2.31 bits per heavy atom. The normalized spacial score (nSPS) is 12.8. The van der Waals surface area contributed by atoms with E-state index in [1.165, 1.54) is 0 Å². The molecule has 1 atom stereocenters. The molecule has 0 aliphatic carbocycles. The van der Waals surface area contributed by atoms with Gasteiger partial charge in [-0.05, 0) is 12.3 Å². The number of amides is 1. The van der Waals surface area contributed by atoms with Crippen LogP contribution in [0.25, 0.3) is 0 Å². The van der Waals surface area contributed by atoms with Crippen molar-refractivity contribution in [3.63, 3.8) is 0 Å². The largest absolute Gasteiger partial charge is 0.351 e. The molecule has 5 heteroatoms. The summed E-state index contributed by atoms with van der Waals surface area (Å²) >= 11 is 3.55. The van der Waals surface area contributed by atoms with Crippen molar-refractivity contribution < 1.29 is 4.79 Å². The standard InChI is InChI=1S/C11H18BrN3O/c1-8(2)4-10(12)6-13-11(16)9-5-14-15(3)7-9/h5,7-8,10H,4,6H2,1-3H3,(H,13,16). The quantitative estimate of drug-likeness (QED) is 0.842. The molecule has 0 saturated heterocycles. The number of hydrogen-bond donors (Lipinski definition) is 1. The number of carbonyl (C=O) groups is 1. The fourth-order valence-electron chi connectivity index (χ4n) is 1.44. The molecule has 0 aliphatic rings. The van der Waals surface area contributed by atoms with Crippen LogP contribution in [0.2, 0.25) is 0 Å². The number of nitrogens with zero attached hydrogens (tertiary/aromatic N) is 2. The van der Waals surface area contributed by atoms with Gasteiger partial charge in [-0.3, -0.25) is 9.48 Å². The van der Waals surface area contributed by atoms with Gasteiger partial charge in [-0.15, -0.1) is 0 Å². The Hall–Kier alpha value is -0.840. The predicted octanol–water partition coefficient (Wildman–Crippen LogP) is 1.96. The van der Waals surface area contributed by atoms with Gasteiger partial charge >= 0.3 is 0 Å². The van der Waals surface area contributed by atoms with Crippen LogP contribution in [0.15, 0.2) is 12.4 Å². The van der Waals surface area contributed by atoms with Gasteiger partial charge in [0.2, 0.25) is 0 Å². The molecular weight excluding hydrogens is 270 g/mol. The SMILES string of the molecule is CC(C)CC(Br)CNC(=O)c1cnn(C)c1. The Bertz CT molecular complexity index is 349. The Labute approximate surface area is 105 Å². The molecule has 90 valence electrons. The highest BCUT2D eigenvalue weighted by Crippen LogP contribution is 2.11. The van der Waals surface area contributed by atoms with Gasteiger partial charge in [-0.2, -0.15) is 5.10 Å². The van der Waals surface area contributed by atoms with E-state index in [1.54, 1.807) is 24.1 Å². The minimum atomic E-state index is -0.0682. The Morgan fingerprint density at radius 3 is 2.81 bits per heavy atom. The summed E-state index contributed by atoms with van der Waals surface area (Å²) < 4.78 is 1.62. The second-order valence-electron chi connectivity index (χ2n) is 4.34. The summed E-state index contributed by atoms with van der Waals surface area (Å²) in [4.78, 5) is 12.0. The average Bonchev–Trinajstić information content (AvgIpc) is 2.60. The number of aromatic nitrogens is 2. The van der Waals surface area contributed by atoms with E-state index in [-0.39, 0.29) is 5.91 Å². The zero-order chi connectivity index (χ0) is 12.1. The van der Waals surface area contributed by atoms with E-state index in [9.17, 15) is 4.79 Å². The van der Waals surface area contributed by atoms with Crippen LogP contribution in [0.1, 0.15) is 30.6 Å². The van der Waals surface area contributed by atoms with Gasteiger partial charge < -0.3 is 5.32 Å². The van der Waals surface area contributed by atoms with Gasteiger partial charge in [0.25, 0.3) is 5.91 Å². The number of carbonyl (C=O) groups excluding carboxylic acids is 1.